The lowest BCUT2D eigenvalue weighted by Crippen LogP contribution is -2.43. The van der Waals surface area contributed by atoms with Gasteiger partial charge >= 0.3 is 5.97 Å². The van der Waals surface area contributed by atoms with Crippen molar-refractivity contribution in [2.45, 2.75) is 25.1 Å². The SMILES string of the molecule is O=C(O)C(O)CN1CCCC(F)C1. The summed E-state index contributed by atoms with van der Waals surface area (Å²) in [4.78, 5) is 11.9. The number of nitrogens with zero attached hydrogens (tertiary/aromatic N) is 1. The molecule has 0 aromatic heterocycles. The molecule has 1 heterocycles. The number of carbonyl (C=O) groups is 1. The number of alkyl halides is 1. The Morgan fingerprint density at radius 2 is 2.38 bits per heavy atom. The van der Waals surface area contributed by atoms with Crippen LogP contribution in [-0.4, -0.2) is 53.0 Å². The molecule has 0 aliphatic carbocycles. The fraction of sp³-hybridized carbons (Fsp3) is 0.875. The number of carboxylic acid groups (broad SMARTS) is 1. The average molecular weight is 191 g/mol. The van der Waals surface area contributed by atoms with E-state index < -0.39 is 18.2 Å². The zero-order valence-electron chi connectivity index (χ0n) is 7.32. The Balaban J connectivity index is 2.31. The van der Waals surface area contributed by atoms with Crippen LogP contribution in [0, 0.1) is 0 Å². The second-order valence-electron chi connectivity index (χ2n) is 3.35. The van der Waals surface area contributed by atoms with Gasteiger partial charge in [0.2, 0.25) is 0 Å². The number of carboxylic acids is 1. The molecule has 1 aliphatic heterocycles. The normalized spacial score (nSPS) is 27.1. The van der Waals surface area contributed by atoms with Crippen molar-refractivity contribution >= 4 is 5.97 Å². The highest BCUT2D eigenvalue weighted by Crippen LogP contribution is 2.12. The van der Waals surface area contributed by atoms with Crippen LogP contribution in [0.15, 0.2) is 0 Å². The molecule has 1 aliphatic rings. The van der Waals surface area contributed by atoms with Crippen molar-refractivity contribution in [2.24, 2.45) is 0 Å². The number of aliphatic hydroxyl groups is 1. The molecule has 76 valence electrons. The minimum Gasteiger partial charge on any atom is -0.479 e. The summed E-state index contributed by atoms with van der Waals surface area (Å²) in [5.41, 5.74) is 0. The number of likely N-dealkylation sites (tertiary alicyclic amines) is 1. The number of aliphatic carboxylic acids is 1. The Morgan fingerprint density at radius 3 is 2.92 bits per heavy atom. The van der Waals surface area contributed by atoms with E-state index in [0.29, 0.717) is 13.0 Å². The summed E-state index contributed by atoms with van der Waals surface area (Å²) in [7, 11) is 0. The van der Waals surface area contributed by atoms with Crippen molar-refractivity contribution in [1.82, 2.24) is 4.90 Å². The van der Waals surface area contributed by atoms with E-state index >= 15 is 0 Å². The Kier molecular flexibility index (Phi) is 3.62. The summed E-state index contributed by atoms with van der Waals surface area (Å²) in [5, 5.41) is 17.4. The van der Waals surface area contributed by atoms with Gasteiger partial charge in [-0.3, -0.25) is 4.90 Å². The molecule has 4 nitrogen and oxygen atoms in total. The smallest absolute Gasteiger partial charge is 0.333 e. The van der Waals surface area contributed by atoms with Crippen LogP contribution in [0.4, 0.5) is 4.39 Å². The van der Waals surface area contributed by atoms with E-state index in [0.717, 1.165) is 6.42 Å². The third-order valence-corrected chi connectivity index (χ3v) is 2.16. The third-order valence-electron chi connectivity index (χ3n) is 2.16. The van der Waals surface area contributed by atoms with Gasteiger partial charge in [0, 0.05) is 13.1 Å². The first kappa shape index (κ1) is 10.4. The van der Waals surface area contributed by atoms with Crippen molar-refractivity contribution in [3.8, 4) is 0 Å². The number of hydrogen-bond acceptors (Lipinski definition) is 3. The molecule has 2 atom stereocenters. The van der Waals surface area contributed by atoms with E-state index in [1.807, 2.05) is 0 Å². The summed E-state index contributed by atoms with van der Waals surface area (Å²) in [6, 6.07) is 0. The molecule has 0 amide bonds. The fourth-order valence-electron chi connectivity index (χ4n) is 1.49. The van der Waals surface area contributed by atoms with Gasteiger partial charge in [0.25, 0.3) is 0 Å². The Morgan fingerprint density at radius 1 is 1.69 bits per heavy atom. The minimum absolute atomic E-state index is 0.0236. The van der Waals surface area contributed by atoms with Crippen molar-refractivity contribution in [3.63, 3.8) is 0 Å². The lowest BCUT2D eigenvalue weighted by molar-refractivity contribution is -0.147. The molecular weight excluding hydrogens is 177 g/mol. The lowest BCUT2D eigenvalue weighted by Gasteiger charge is -2.29. The van der Waals surface area contributed by atoms with Crippen LogP contribution in [0.25, 0.3) is 0 Å². The molecule has 0 radical (unpaired) electrons. The van der Waals surface area contributed by atoms with Crippen LogP contribution >= 0.6 is 0 Å². The Hall–Kier alpha value is -0.680. The molecule has 0 saturated carbocycles. The summed E-state index contributed by atoms with van der Waals surface area (Å²) in [6.45, 7) is 0.935. The van der Waals surface area contributed by atoms with Crippen molar-refractivity contribution in [3.05, 3.63) is 0 Å². The molecule has 2 unspecified atom stereocenters. The van der Waals surface area contributed by atoms with Crippen LogP contribution < -0.4 is 0 Å². The van der Waals surface area contributed by atoms with Crippen LogP contribution in [0.3, 0.4) is 0 Å². The van der Waals surface area contributed by atoms with Gasteiger partial charge in [-0.2, -0.15) is 0 Å². The molecule has 13 heavy (non-hydrogen) atoms. The van der Waals surface area contributed by atoms with E-state index in [-0.39, 0.29) is 13.1 Å². The highest BCUT2D eigenvalue weighted by atomic mass is 19.1. The van der Waals surface area contributed by atoms with Gasteiger partial charge in [-0.1, -0.05) is 0 Å². The number of rotatable bonds is 3. The molecule has 0 aromatic carbocycles. The molecule has 1 saturated heterocycles. The molecule has 0 aromatic rings. The maximum absolute atomic E-state index is 12.8. The predicted octanol–water partition coefficient (Wildman–Crippen LogP) is -0.134. The van der Waals surface area contributed by atoms with Crippen LogP contribution in [0.2, 0.25) is 0 Å². The second-order valence-corrected chi connectivity index (χ2v) is 3.35. The maximum atomic E-state index is 12.8. The van der Waals surface area contributed by atoms with E-state index in [4.69, 9.17) is 10.2 Å². The van der Waals surface area contributed by atoms with Crippen molar-refractivity contribution in [2.75, 3.05) is 19.6 Å². The maximum Gasteiger partial charge on any atom is 0.333 e. The van der Waals surface area contributed by atoms with Crippen LogP contribution in [0.5, 0.6) is 0 Å². The largest absolute Gasteiger partial charge is 0.479 e. The zero-order valence-corrected chi connectivity index (χ0v) is 7.32. The Labute approximate surface area is 76.0 Å². The van der Waals surface area contributed by atoms with Gasteiger partial charge in [0.15, 0.2) is 6.10 Å². The standard InChI is InChI=1S/C8H14FNO3/c9-6-2-1-3-10(4-6)5-7(11)8(12)13/h6-7,11H,1-5H2,(H,12,13). The predicted molar refractivity (Wildman–Crippen MR) is 44.2 cm³/mol. The first-order valence-electron chi connectivity index (χ1n) is 4.37. The van der Waals surface area contributed by atoms with Gasteiger partial charge < -0.3 is 10.2 Å². The summed E-state index contributed by atoms with van der Waals surface area (Å²) < 4.78 is 12.8. The second kappa shape index (κ2) is 4.53. The monoisotopic (exact) mass is 191 g/mol. The number of piperidine rings is 1. The average Bonchev–Trinajstić information content (AvgIpc) is 2.04. The molecule has 2 N–H and O–H groups in total. The minimum atomic E-state index is -1.40. The van der Waals surface area contributed by atoms with Crippen molar-refractivity contribution < 1.29 is 19.4 Å². The van der Waals surface area contributed by atoms with Crippen LogP contribution in [-0.2, 0) is 4.79 Å². The number of hydrogen-bond donors (Lipinski definition) is 2. The molecule has 0 spiro atoms. The molecular formula is C8H14FNO3. The topological polar surface area (TPSA) is 60.8 Å². The van der Waals surface area contributed by atoms with Gasteiger partial charge in [0.1, 0.15) is 6.17 Å². The summed E-state index contributed by atoms with van der Waals surface area (Å²) >= 11 is 0. The van der Waals surface area contributed by atoms with E-state index in [2.05, 4.69) is 0 Å². The summed E-state index contributed by atoms with van der Waals surface area (Å²) in [6.07, 6.45) is -1.01. The van der Waals surface area contributed by atoms with E-state index in [1.54, 1.807) is 4.90 Å². The summed E-state index contributed by atoms with van der Waals surface area (Å²) in [5.74, 6) is -1.25. The van der Waals surface area contributed by atoms with Gasteiger partial charge in [-0.05, 0) is 19.4 Å². The quantitative estimate of drug-likeness (QED) is 0.652. The highest BCUT2D eigenvalue weighted by Gasteiger charge is 2.23. The highest BCUT2D eigenvalue weighted by molar-refractivity contribution is 5.72. The van der Waals surface area contributed by atoms with Gasteiger partial charge in [0.05, 0.1) is 0 Å². The van der Waals surface area contributed by atoms with E-state index in [9.17, 15) is 9.18 Å². The molecule has 1 fully saturated rings. The number of β-amino-alcohol motifs (C(OH)–C–C–N with tert-alkyl or cyclic N) is 1. The van der Waals surface area contributed by atoms with E-state index in [1.165, 1.54) is 0 Å². The fourth-order valence-corrected chi connectivity index (χ4v) is 1.49. The molecule has 0 bridgehead atoms. The Bertz CT molecular complexity index is 188. The number of halogens is 1. The lowest BCUT2D eigenvalue weighted by atomic mass is 10.1. The van der Waals surface area contributed by atoms with Gasteiger partial charge in [-0.25, -0.2) is 9.18 Å². The third kappa shape index (κ3) is 3.28. The zero-order chi connectivity index (χ0) is 9.84. The van der Waals surface area contributed by atoms with Crippen molar-refractivity contribution in [1.29, 1.82) is 0 Å². The molecule has 5 heteroatoms. The number of aliphatic hydroxyl groups excluding tert-OH is 1. The van der Waals surface area contributed by atoms with Gasteiger partial charge in [-0.15, -0.1) is 0 Å². The first-order chi connectivity index (χ1) is 6.09. The van der Waals surface area contributed by atoms with Crippen LogP contribution in [0.1, 0.15) is 12.8 Å². The first-order valence-corrected chi connectivity index (χ1v) is 4.37. The molecule has 1 rings (SSSR count).